The van der Waals surface area contributed by atoms with Crippen LogP contribution in [0.25, 0.3) is 0 Å². The molecule has 2 unspecified atom stereocenters. The summed E-state index contributed by atoms with van der Waals surface area (Å²) in [5.74, 6) is -0.471. The zero-order chi connectivity index (χ0) is 11.7. The first-order chi connectivity index (χ1) is 7.58. The molecule has 0 spiro atoms. The first-order valence-electron chi connectivity index (χ1n) is 5.19. The summed E-state index contributed by atoms with van der Waals surface area (Å²) in [6.07, 6.45) is 1.14. The lowest BCUT2D eigenvalue weighted by Crippen LogP contribution is -2.25. The van der Waals surface area contributed by atoms with Crippen molar-refractivity contribution < 1.29 is 19.1 Å². The molecule has 16 heavy (non-hydrogen) atoms. The molecule has 0 aliphatic heterocycles. The Balaban J connectivity index is 1.90. The predicted octanol–water partition coefficient (Wildman–Crippen LogP) is 1.36. The molecule has 1 fully saturated rings. The number of hydrogen-bond acceptors (Lipinski definition) is 3. The third kappa shape index (κ3) is 2.24. The number of aromatic carboxylic acids is 1. The number of carbonyl (C=O) groups excluding carboxylic acids is 1. The van der Waals surface area contributed by atoms with E-state index in [1.165, 1.54) is 12.1 Å². The first-order valence-corrected chi connectivity index (χ1v) is 5.19. The Kier molecular flexibility index (Phi) is 2.68. The van der Waals surface area contributed by atoms with Crippen LogP contribution in [-0.4, -0.2) is 23.5 Å². The highest BCUT2D eigenvalue weighted by Crippen LogP contribution is 2.36. The van der Waals surface area contributed by atoms with Gasteiger partial charge in [-0.25, -0.2) is 4.79 Å². The molecular weight excluding hydrogens is 210 g/mol. The van der Waals surface area contributed by atoms with E-state index >= 15 is 0 Å². The van der Waals surface area contributed by atoms with E-state index in [0.717, 1.165) is 6.42 Å². The van der Waals surface area contributed by atoms with Crippen LogP contribution < -0.4 is 5.32 Å². The van der Waals surface area contributed by atoms with Crippen molar-refractivity contribution in [2.45, 2.75) is 13.3 Å². The second-order valence-corrected chi connectivity index (χ2v) is 4.15. The van der Waals surface area contributed by atoms with Gasteiger partial charge in [0.05, 0.1) is 0 Å². The van der Waals surface area contributed by atoms with E-state index in [9.17, 15) is 9.59 Å². The van der Waals surface area contributed by atoms with E-state index < -0.39 is 5.97 Å². The fourth-order valence-electron chi connectivity index (χ4n) is 1.57. The van der Waals surface area contributed by atoms with Gasteiger partial charge in [0, 0.05) is 6.54 Å². The van der Waals surface area contributed by atoms with Crippen molar-refractivity contribution in [3.05, 3.63) is 23.7 Å². The Labute approximate surface area is 92.4 Å². The van der Waals surface area contributed by atoms with Crippen molar-refractivity contribution in [3.63, 3.8) is 0 Å². The number of carboxylic acids is 1. The molecule has 1 aromatic heterocycles. The van der Waals surface area contributed by atoms with Crippen LogP contribution in [0.15, 0.2) is 16.5 Å². The lowest BCUT2D eigenvalue weighted by molar-refractivity contribution is 0.0659. The van der Waals surface area contributed by atoms with E-state index in [0.29, 0.717) is 18.4 Å². The maximum absolute atomic E-state index is 11.5. The van der Waals surface area contributed by atoms with E-state index in [2.05, 4.69) is 12.2 Å². The van der Waals surface area contributed by atoms with Crippen LogP contribution in [0, 0.1) is 11.8 Å². The summed E-state index contributed by atoms with van der Waals surface area (Å²) in [5, 5.41) is 11.3. The Morgan fingerprint density at radius 1 is 1.50 bits per heavy atom. The molecule has 1 saturated carbocycles. The summed E-state index contributed by atoms with van der Waals surface area (Å²) >= 11 is 0. The minimum atomic E-state index is -1.17. The summed E-state index contributed by atoms with van der Waals surface area (Å²) in [5.41, 5.74) is 0. The normalized spacial score (nSPS) is 22.8. The number of rotatable bonds is 4. The highest BCUT2D eigenvalue weighted by Gasteiger charge is 2.32. The molecule has 2 atom stereocenters. The Bertz CT molecular complexity index is 423. The molecule has 0 aromatic carbocycles. The minimum Gasteiger partial charge on any atom is -0.475 e. The number of carboxylic acid groups (broad SMARTS) is 1. The maximum Gasteiger partial charge on any atom is 0.371 e. The lowest BCUT2D eigenvalue weighted by Gasteiger charge is -2.00. The fraction of sp³-hybridized carbons (Fsp3) is 0.455. The second kappa shape index (κ2) is 4.00. The highest BCUT2D eigenvalue weighted by atomic mass is 16.4. The number of carbonyl (C=O) groups is 2. The van der Waals surface area contributed by atoms with Gasteiger partial charge in [-0.15, -0.1) is 0 Å². The third-order valence-electron chi connectivity index (χ3n) is 2.84. The molecule has 5 nitrogen and oxygen atoms in total. The van der Waals surface area contributed by atoms with Crippen molar-refractivity contribution in [1.29, 1.82) is 0 Å². The SMILES string of the molecule is CC1CC1CNC(=O)c1ccc(C(=O)O)o1. The molecule has 0 saturated heterocycles. The van der Waals surface area contributed by atoms with Crippen molar-refractivity contribution >= 4 is 11.9 Å². The molecule has 1 aromatic rings. The van der Waals surface area contributed by atoms with Gasteiger partial charge in [0.1, 0.15) is 0 Å². The molecule has 0 bridgehead atoms. The second-order valence-electron chi connectivity index (χ2n) is 4.15. The van der Waals surface area contributed by atoms with E-state index in [4.69, 9.17) is 9.52 Å². The van der Waals surface area contributed by atoms with Gasteiger partial charge in [0.15, 0.2) is 5.76 Å². The lowest BCUT2D eigenvalue weighted by atomic mass is 10.3. The Morgan fingerprint density at radius 2 is 2.12 bits per heavy atom. The molecule has 1 amide bonds. The number of hydrogen-bond donors (Lipinski definition) is 2. The van der Waals surface area contributed by atoms with Gasteiger partial charge in [-0.2, -0.15) is 0 Å². The molecule has 0 radical (unpaired) electrons. The summed E-state index contributed by atoms with van der Waals surface area (Å²) < 4.78 is 4.87. The standard InChI is InChI=1S/C11H13NO4/c1-6-4-7(6)5-12-10(13)8-2-3-9(16-8)11(14)15/h2-3,6-7H,4-5H2,1H3,(H,12,13)(H,14,15). The average Bonchev–Trinajstić information content (AvgIpc) is 2.78. The monoisotopic (exact) mass is 223 g/mol. The molecule has 86 valence electrons. The van der Waals surface area contributed by atoms with Gasteiger partial charge < -0.3 is 14.8 Å². The summed E-state index contributed by atoms with van der Waals surface area (Å²) in [6, 6.07) is 2.64. The molecule has 1 heterocycles. The van der Waals surface area contributed by atoms with E-state index in [1.807, 2.05) is 0 Å². The van der Waals surface area contributed by atoms with Gasteiger partial charge in [-0.1, -0.05) is 6.92 Å². The van der Waals surface area contributed by atoms with Crippen LogP contribution in [-0.2, 0) is 0 Å². The van der Waals surface area contributed by atoms with Crippen molar-refractivity contribution in [3.8, 4) is 0 Å². The van der Waals surface area contributed by atoms with Crippen LogP contribution in [0.4, 0.5) is 0 Å². The Morgan fingerprint density at radius 3 is 2.62 bits per heavy atom. The summed E-state index contributed by atoms with van der Waals surface area (Å²) in [6.45, 7) is 2.76. The van der Waals surface area contributed by atoms with Crippen molar-refractivity contribution in [2.75, 3.05) is 6.54 Å². The molecule has 5 heteroatoms. The predicted molar refractivity (Wildman–Crippen MR) is 55.3 cm³/mol. The van der Waals surface area contributed by atoms with Crippen molar-refractivity contribution in [2.24, 2.45) is 11.8 Å². The quantitative estimate of drug-likeness (QED) is 0.807. The third-order valence-corrected chi connectivity index (χ3v) is 2.84. The molecule has 2 N–H and O–H groups in total. The van der Waals surface area contributed by atoms with Gasteiger partial charge in [-0.3, -0.25) is 4.79 Å². The topological polar surface area (TPSA) is 79.5 Å². The van der Waals surface area contributed by atoms with Gasteiger partial charge >= 0.3 is 5.97 Å². The highest BCUT2D eigenvalue weighted by molar-refractivity contribution is 5.93. The van der Waals surface area contributed by atoms with Gasteiger partial charge in [0.2, 0.25) is 5.76 Å². The number of amides is 1. The number of nitrogens with one attached hydrogen (secondary N) is 1. The van der Waals surface area contributed by atoms with Crippen LogP contribution in [0.5, 0.6) is 0 Å². The zero-order valence-electron chi connectivity index (χ0n) is 8.90. The summed E-state index contributed by atoms with van der Waals surface area (Å²) in [7, 11) is 0. The Hall–Kier alpha value is -1.78. The largest absolute Gasteiger partial charge is 0.475 e. The van der Waals surface area contributed by atoms with Crippen LogP contribution in [0.3, 0.4) is 0 Å². The first kappa shape index (κ1) is 10.7. The smallest absolute Gasteiger partial charge is 0.371 e. The molecule has 1 aliphatic rings. The molecule has 2 rings (SSSR count). The van der Waals surface area contributed by atoms with Crippen LogP contribution in [0.2, 0.25) is 0 Å². The maximum atomic E-state index is 11.5. The number of furan rings is 1. The van der Waals surface area contributed by atoms with Crippen molar-refractivity contribution in [1.82, 2.24) is 5.32 Å². The van der Waals surface area contributed by atoms with E-state index in [1.54, 1.807) is 0 Å². The minimum absolute atomic E-state index is 0.0469. The molecule has 1 aliphatic carbocycles. The fourth-order valence-corrected chi connectivity index (χ4v) is 1.57. The molecular formula is C11H13NO4. The van der Waals surface area contributed by atoms with Gasteiger partial charge in [0.25, 0.3) is 5.91 Å². The van der Waals surface area contributed by atoms with Crippen LogP contribution in [0.1, 0.15) is 34.5 Å². The zero-order valence-corrected chi connectivity index (χ0v) is 8.90. The van der Waals surface area contributed by atoms with E-state index in [-0.39, 0.29) is 17.4 Å². The van der Waals surface area contributed by atoms with Gasteiger partial charge in [-0.05, 0) is 30.4 Å². The van der Waals surface area contributed by atoms with Crippen LogP contribution >= 0.6 is 0 Å². The summed E-state index contributed by atoms with van der Waals surface area (Å²) in [4.78, 5) is 22.1. The average molecular weight is 223 g/mol.